The van der Waals surface area contributed by atoms with Crippen LogP contribution in [0.5, 0.6) is 0 Å². The fourth-order valence-electron chi connectivity index (χ4n) is 2.24. The summed E-state index contributed by atoms with van der Waals surface area (Å²) in [6, 6.07) is 2.55. The average Bonchev–Trinajstić information content (AvgIpc) is 2.72. The Morgan fingerprint density at radius 1 is 1.50 bits per heavy atom. The molecule has 1 aliphatic rings. The molecule has 0 aromatic carbocycles. The summed E-state index contributed by atoms with van der Waals surface area (Å²) in [5.41, 5.74) is 0.505. The molecule has 0 aliphatic heterocycles. The van der Waals surface area contributed by atoms with Crippen molar-refractivity contribution in [2.45, 2.75) is 38.1 Å². The Morgan fingerprint density at radius 2 is 2.22 bits per heavy atom. The Bertz CT molecular complexity index is 467. The van der Waals surface area contributed by atoms with Crippen molar-refractivity contribution in [1.82, 2.24) is 15.1 Å². The van der Waals surface area contributed by atoms with Crippen molar-refractivity contribution in [3.63, 3.8) is 0 Å². The summed E-state index contributed by atoms with van der Waals surface area (Å²) in [6.45, 7) is 0. The van der Waals surface area contributed by atoms with E-state index in [0.717, 1.165) is 12.8 Å². The maximum atomic E-state index is 8.96. The van der Waals surface area contributed by atoms with Crippen molar-refractivity contribution in [1.29, 1.82) is 5.26 Å². The molecule has 1 fully saturated rings. The predicted octanol–water partition coefficient (Wildman–Crippen LogP) is 1.91. The summed E-state index contributed by atoms with van der Waals surface area (Å²) in [6.07, 6.45) is 7.70. The van der Waals surface area contributed by atoms with Gasteiger partial charge in [-0.1, -0.05) is 19.3 Å². The molecule has 0 amide bonds. The molecule has 2 rings (SSSR count). The van der Waals surface area contributed by atoms with E-state index in [9.17, 15) is 0 Å². The second kappa shape index (κ2) is 5.83. The molecule has 96 valence electrons. The van der Waals surface area contributed by atoms with E-state index in [1.54, 1.807) is 11.7 Å². The van der Waals surface area contributed by atoms with Gasteiger partial charge in [-0.3, -0.25) is 4.68 Å². The SMILES string of the molecule is Cn1ncc(C#N)c1NC(=S)NC1CCCCC1. The highest BCUT2D eigenvalue weighted by molar-refractivity contribution is 7.80. The Labute approximate surface area is 112 Å². The van der Waals surface area contributed by atoms with Gasteiger partial charge in [0.05, 0.1) is 6.20 Å². The van der Waals surface area contributed by atoms with E-state index in [-0.39, 0.29) is 0 Å². The minimum atomic E-state index is 0.456. The zero-order valence-corrected chi connectivity index (χ0v) is 11.3. The van der Waals surface area contributed by atoms with Gasteiger partial charge >= 0.3 is 0 Å². The molecular weight excluding hydrogens is 246 g/mol. The van der Waals surface area contributed by atoms with Crippen LogP contribution in [-0.2, 0) is 7.05 Å². The summed E-state index contributed by atoms with van der Waals surface area (Å²) in [5, 5.41) is 19.9. The quantitative estimate of drug-likeness (QED) is 0.798. The summed E-state index contributed by atoms with van der Waals surface area (Å²) >= 11 is 5.28. The fraction of sp³-hybridized carbons (Fsp3) is 0.583. The molecule has 2 N–H and O–H groups in total. The summed E-state index contributed by atoms with van der Waals surface area (Å²) < 4.78 is 1.62. The molecule has 1 aliphatic carbocycles. The van der Waals surface area contributed by atoms with Crippen LogP contribution in [0.25, 0.3) is 0 Å². The van der Waals surface area contributed by atoms with E-state index in [2.05, 4.69) is 21.8 Å². The Hall–Kier alpha value is -1.61. The zero-order chi connectivity index (χ0) is 13.0. The second-order valence-electron chi connectivity index (χ2n) is 4.58. The van der Waals surface area contributed by atoms with Crippen LogP contribution in [0, 0.1) is 11.3 Å². The van der Waals surface area contributed by atoms with Gasteiger partial charge in [0.25, 0.3) is 0 Å². The molecule has 1 heterocycles. The molecule has 0 atom stereocenters. The van der Waals surface area contributed by atoms with Crippen LogP contribution in [0.3, 0.4) is 0 Å². The fourth-order valence-corrected chi connectivity index (χ4v) is 2.51. The van der Waals surface area contributed by atoms with E-state index in [1.165, 1.54) is 25.5 Å². The molecule has 0 bridgehead atoms. The number of aryl methyl sites for hydroxylation is 1. The standard InChI is InChI=1S/C12H17N5S/c1-17-11(9(7-13)8-14-17)16-12(18)15-10-5-3-2-4-6-10/h8,10H,2-6H2,1H3,(H2,15,16,18). The molecular formula is C12H17N5S. The lowest BCUT2D eigenvalue weighted by molar-refractivity contribution is 0.414. The summed E-state index contributed by atoms with van der Waals surface area (Å²) in [5.74, 6) is 0.644. The van der Waals surface area contributed by atoms with Gasteiger partial charge in [0.2, 0.25) is 0 Å². The molecule has 5 nitrogen and oxygen atoms in total. The molecule has 0 spiro atoms. The van der Waals surface area contributed by atoms with Crippen molar-refractivity contribution in [3.05, 3.63) is 11.8 Å². The zero-order valence-electron chi connectivity index (χ0n) is 10.4. The van der Waals surface area contributed by atoms with Crippen molar-refractivity contribution in [2.75, 3.05) is 5.32 Å². The van der Waals surface area contributed by atoms with Gasteiger partial charge in [-0.15, -0.1) is 0 Å². The summed E-state index contributed by atoms with van der Waals surface area (Å²) in [4.78, 5) is 0. The highest BCUT2D eigenvalue weighted by atomic mass is 32.1. The molecule has 18 heavy (non-hydrogen) atoms. The smallest absolute Gasteiger partial charge is 0.172 e. The number of hydrogen-bond acceptors (Lipinski definition) is 3. The van der Waals surface area contributed by atoms with Crippen LogP contribution < -0.4 is 10.6 Å². The number of rotatable bonds is 2. The topological polar surface area (TPSA) is 65.7 Å². The lowest BCUT2D eigenvalue weighted by Gasteiger charge is -2.24. The van der Waals surface area contributed by atoms with E-state index < -0.39 is 0 Å². The van der Waals surface area contributed by atoms with Crippen LogP contribution in [-0.4, -0.2) is 20.9 Å². The van der Waals surface area contributed by atoms with Crippen molar-refractivity contribution >= 4 is 23.1 Å². The Morgan fingerprint density at radius 3 is 2.89 bits per heavy atom. The van der Waals surface area contributed by atoms with E-state index in [1.807, 2.05) is 0 Å². The van der Waals surface area contributed by atoms with Gasteiger partial charge in [-0.25, -0.2) is 0 Å². The number of nitriles is 1. The minimum absolute atomic E-state index is 0.456. The lowest BCUT2D eigenvalue weighted by Crippen LogP contribution is -2.39. The highest BCUT2D eigenvalue weighted by Gasteiger charge is 2.15. The first kappa shape index (κ1) is 12.8. The third-order valence-corrected chi connectivity index (χ3v) is 3.45. The Balaban J connectivity index is 1.94. The largest absolute Gasteiger partial charge is 0.360 e. The molecule has 1 saturated carbocycles. The molecule has 0 radical (unpaired) electrons. The van der Waals surface area contributed by atoms with Crippen LogP contribution >= 0.6 is 12.2 Å². The maximum absolute atomic E-state index is 8.96. The van der Waals surface area contributed by atoms with Crippen LogP contribution in [0.15, 0.2) is 6.20 Å². The Kier molecular flexibility index (Phi) is 4.15. The van der Waals surface area contributed by atoms with Crippen LogP contribution in [0.4, 0.5) is 5.82 Å². The highest BCUT2D eigenvalue weighted by Crippen LogP contribution is 2.18. The van der Waals surface area contributed by atoms with Crippen LogP contribution in [0.2, 0.25) is 0 Å². The number of anilines is 1. The van der Waals surface area contributed by atoms with Gasteiger partial charge in [-0.2, -0.15) is 10.4 Å². The predicted molar refractivity (Wildman–Crippen MR) is 74.2 cm³/mol. The van der Waals surface area contributed by atoms with E-state index in [0.29, 0.717) is 22.5 Å². The maximum Gasteiger partial charge on any atom is 0.172 e. The molecule has 0 unspecified atom stereocenters. The average molecular weight is 263 g/mol. The molecule has 1 aromatic rings. The first-order chi connectivity index (χ1) is 8.70. The summed E-state index contributed by atoms with van der Waals surface area (Å²) in [7, 11) is 1.78. The number of nitrogens with one attached hydrogen (secondary N) is 2. The number of thiocarbonyl (C=S) groups is 1. The first-order valence-electron chi connectivity index (χ1n) is 6.20. The minimum Gasteiger partial charge on any atom is -0.360 e. The molecule has 6 heteroatoms. The van der Waals surface area contributed by atoms with Crippen molar-refractivity contribution < 1.29 is 0 Å². The van der Waals surface area contributed by atoms with Crippen molar-refractivity contribution in [3.8, 4) is 6.07 Å². The molecule has 0 saturated heterocycles. The van der Waals surface area contributed by atoms with E-state index in [4.69, 9.17) is 17.5 Å². The third-order valence-electron chi connectivity index (χ3n) is 3.23. The monoisotopic (exact) mass is 263 g/mol. The van der Waals surface area contributed by atoms with Crippen molar-refractivity contribution in [2.24, 2.45) is 7.05 Å². The van der Waals surface area contributed by atoms with E-state index >= 15 is 0 Å². The van der Waals surface area contributed by atoms with Gasteiger partial charge < -0.3 is 10.6 Å². The third kappa shape index (κ3) is 2.99. The normalized spacial score (nSPS) is 16.0. The second-order valence-corrected chi connectivity index (χ2v) is 4.98. The van der Waals surface area contributed by atoms with Gasteiger partial charge in [0, 0.05) is 13.1 Å². The van der Waals surface area contributed by atoms with Crippen LogP contribution in [0.1, 0.15) is 37.7 Å². The van der Waals surface area contributed by atoms with Gasteiger partial charge in [-0.05, 0) is 25.1 Å². The van der Waals surface area contributed by atoms with Gasteiger partial charge in [0.15, 0.2) is 5.11 Å². The first-order valence-corrected chi connectivity index (χ1v) is 6.61. The molecule has 1 aromatic heterocycles. The number of aromatic nitrogens is 2. The lowest BCUT2D eigenvalue weighted by atomic mass is 9.96. The number of nitrogens with zero attached hydrogens (tertiary/aromatic N) is 3. The van der Waals surface area contributed by atoms with Gasteiger partial charge in [0.1, 0.15) is 17.5 Å². The number of hydrogen-bond donors (Lipinski definition) is 2.